The van der Waals surface area contributed by atoms with Crippen molar-refractivity contribution < 1.29 is 23.8 Å². The van der Waals surface area contributed by atoms with E-state index in [-0.39, 0.29) is 11.8 Å². The van der Waals surface area contributed by atoms with Crippen molar-refractivity contribution in [2.45, 2.75) is 31.7 Å². The molecule has 0 spiro atoms. The van der Waals surface area contributed by atoms with Crippen LogP contribution in [0.1, 0.15) is 53.2 Å². The van der Waals surface area contributed by atoms with Crippen LogP contribution in [0.25, 0.3) is 0 Å². The Kier molecular flexibility index (Phi) is 6.49. The number of fused-ring (bicyclic) bond motifs is 1. The molecule has 176 valence electrons. The van der Waals surface area contributed by atoms with E-state index in [1.54, 1.807) is 45.4 Å². The van der Waals surface area contributed by atoms with Crippen molar-refractivity contribution in [3.63, 3.8) is 0 Å². The molecule has 2 aromatic rings. The van der Waals surface area contributed by atoms with Crippen molar-refractivity contribution in [1.29, 1.82) is 0 Å². The van der Waals surface area contributed by atoms with Crippen molar-refractivity contribution in [3.05, 3.63) is 53.1 Å². The Morgan fingerprint density at radius 2 is 1.67 bits per heavy atom. The Labute approximate surface area is 195 Å². The Balaban J connectivity index is 1.87. The Morgan fingerprint density at radius 1 is 1.00 bits per heavy atom. The van der Waals surface area contributed by atoms with Gasteiger partial charge in [-0.05, 0) is 54.2 Å². The zero-order valence-electron chi connectivity index (χ0n) is 20.0. The minimum atomic E-state index is -0.554. The molecule has 2 aliphatic heterocycles. The molecule has 33 heavy (non-hydrogen) atoms. The molecular weight excluding hydrogens is 420 g/mol. The lowest BCUT2D eigenvalue weighted by atomic mass is 9.78. The average molecular weight is 453 g/mol. The monoisotopic (exact) mass is 452 g/mol. The molecule has 0 bridgehead atoms. The van der Waals surface area contributed by atoms with Crippen molar-refractivity contribution in [3.8, 4) is 17.2 Å². The smallest absolute Gasteiger partial charge is 0.254 e. The van der Waals surface area contributed by atoms with Gasteiger partial charge < -0.3 is 24.0 Å². The number of hydrogen-bond acceptors (Lipinski definition) is 5. The van der Waals surface area contributed by atoms with Gasteiger partial charge in [0.05, 0.1) is 33.3 Å². The fourth-order valence-corrected chi connectivity index (χ4v) is 5.12. The molecule has 4 rings (SSSR count). The number of likely N-dealkylation sites (N-methyl/N-ethyl adjacent to an activating group) is 1. The molecule has 0 unspecified atom stereocenters. The van der Waals surface area contributed by atoms with Crippen LogP contribution in [0.15, 0.2) is 36.4 Å². The molecule has 0 saturated carbocycles. The number of piperidine rings is 1. The van der Waals surface area contributed by atoms with Gasteiger partial charge in [0.2, 0.25) is 5.91 Å². The molecule has 7 heteroatoms. The van der Waals surface area contributed by atoms with E-state index in [9.17, 15) is 9.59 Å². The van der Waals surface area contributed by atoms with E-state index in [1.165, 1.54) is 0 Å². The number of rotatable bonds is 5. The summed E-state index contributed by atoms with van der Waals surface area (Å²) in [5.74, 6) is 1.49. The fourth-order valence-electron chi connectivity index (χ4n) is 5.12. The van der Waals surface area contributed by atoms with Gasteiger partial charge in [0.25, 0.3) is 5.91 Å². The molecule has 2 aliphatic rings. The molecule has 2 aromatic carbocycles. The maximum Gasteiger partial charge on any atom is 0.254 e. The van der Waals surface area contributed by atoms with Gasteiger partial charge in [-0.1, -0.05) is 19.1 Å². The van der Waals surface area contributed by atoms with Crippen LogP contribution in [0.3, 0.4) is 0 Å². The van der Waals surface area contributed by atoms with E-state index in [4.69, 9.17) is 14.2 Å². The van der Waals surface area contributed by atoms with Gasteiger partial charge in [-0.2, -0.15) is 0 Å². The van der Waals surface area contributed by atoms with Gasteiger partial charge in [-0.25, -0.2) is 0 Å². The number of carbonyl (C=O) groups excluding carboxylic acids is 2. The normalized spacial score (nSPS) is 22.6. The van der Waals surface area contributed by atoms with E-state index in [2.05, 4.69) is 6.92 Å². The quantitative estimate of drug-likeness (QED) is 0.689. The number of amides is 2. The van der Waals surface area contributed by atoms with E-state index in [1.807, 2.05) is 29.2 Å². The highest BCUT2D eigenvalue weighted by Gasteiger charge is 2.45. The Hall–Kier alpha value is -3.22. The lowest BCUT2D eigenvalue weighted by Crippen LogP contribution is -2.49. The summed E-state index contributed by atoms with van der Waals surface area (Å²) < 4.78 is 16.3. The van der Waals surface area contributed by atoms with Crippen molar-refractivity contribution in [2.75, 3.05) is 41.5 Å². The third-order valence-electron chi connectivity index (χ3n) is 6.87. The van der Waals surface area contributed by atoms with E-state index in [0.717, 1.165) is 37.2 Å². The number of methoxy groups -OCH3 is 3. The van der Waals surface area contributed by atoms with E-state index < -0.39 is 12.0 Å². The van der Waals surface area contributed by atoms with Crippen molar-refractivity contribution in [1.82, 2.24) is 9.80 Å². The highest BCUT2D eigenvalue weighted by molar-refractivity contribution is 6.02. The molecule has 0 N–H and O–H groups in total. The molecular formula is C26H32N2O5. The van der Waals surface area contributed by atoms with Crippen LogP contribution in [-0.2, 0) is 4.79 Å². The third-order valence-corrected chi connectivity index (χ3v) is 6.87. The molecule has 1 fully saturated rings. The zero-order valence-corrected chi connectivity index (χ0v) is 20.0. The van der Waals surface area contributed by atoms with Gasteiger partial charge in [-0.3, -0.25) is 9.59 Å². The molecule has 7 nitrogen and oxygen atoms in total. The number of benzene rings is 2. The Morgan fingerprint density at radius 3 is 2.27 bits per heavy atom. The molecule has 2 heterocycles. The second-order valence-corrected chi connectivity index (χ2v) is 8.94. The predicted molar refractivity (Wildman–Crippen MR) is 125 cm³/mol. The first kappa shape index (κ1) is 23.0. The van der Waals surface area contributed by atoms with Crippen LogP contribution in [0, 0.1) is 5.92 Å². The molecule has 2 amide bonds. The molecule has 0 aromatic heterocycles. The lowest BCUT2D eigenvalue weighted by molar-refractivity contribution is -0.136. The van der Waals surface area contributed by atoms with E-state index in [0.29, 0.717) is 28.5 Å². The minimum Gasteiger partial charge on any atom is -0.497 e. The van der Waals surface area contributed by atoms with Crippen LogP contribution in [0.5, 0.6) is 17.2 Å². The van der Waals surface area contributed by atoms with Crippen LogP contribution in [-0.4, -0.2) is 63.1 Å². The minimum absolute atomic E-state index is 0.0372. The second kappa shape index (κ2) is 9.33. The topological polar surface area (TPSA) is 68.3 Å². The zero-order chi connectivity index (χ0) is 23.7. The lowest BCUT2D eigenvalue weighted by Gasteiger charge is -2.43. The number of likely N-dealkylation sites (tertiary alicyclic amines) is 1. The summed E-state index contributed by atoms with van der Waals surface area (Å²) in [6, 6.07) is 10.6. The molecule has 3 atom stereocenters. The summed E-state index contributed by atoms with van der Waals surface area (Å²) in [4.78, 5) is 31.2. The summed E-state index contributed by atoms with van der Waals surface area (Å²) in [7, 11) is 6.48. The first-order valence-corrected chi connectivity index (χ1v) is 11.3. The van der Waals surface area contributed by atoms with Crippen molar-refractivity contribution in [2.24, 2.45) is 5.92 Å². The van der Waals surface area contributed by atoms with Gasteiger partial charge in [0, 0.05) is 25.7 Å². The number of nitrogens with zero attached hydrogens (tertiary/aromatic N) is 2. The predicted octanol–water partition coefficient (Wildman–Crippen LogP) is 3.88. The summed E-state index contributed by atoms with van der Waals surface area (Å²) in [6.07, 6.45) is 2.11. The summed E-state index contributed by atoms with van der Waals surface area (Å²) >= 11 is 0. The van der Waals surface area contributed by atoms with Crippen LogP contribution < -0.4 is 14.2 Å². The van der Waals surface area contributed by atoms with Gasteiger partial charge in [0.1, 0.15) is 5.75 Å². The number of carbonyl (C=O) groups is 2. The third kappa shape index (κ3) is 4.12. The Bertz CT molecular complexity index is 1040. The average Bonchev–Trinajstić information content (AvgIpc) is 2.85. The fraction of sp³-hybridized carbons (Fsp3) is 0.462. The standard InChI is InChI=1S/C26H32N2O5/c1-16-7-6-12-28(15-16)26(30)23-19-13-21(32-4)22(33-5)14-20(19)25(29)27(2)24(23)17-8-10-18(31-3)11-9-17/h8-11,13-14,16,23-24H,6-7,12,15H2,1-5H3/t16-,23-,24+/m0/s1. The maximum absolute atomic E-state index is 14.1. The summed E-state index contributed by atoms with van der Waals surface area (Å²) in [5, 5.41) is 0. The first-order chi connectivity index (χ1) is 15.9. The van der Waals surface area contributed by atoms with E-state index >= 15 is 0 Å². The molecule has 0 aliphatic carbocycles. The highest BCUT2D eigenvalue weighted by atomic mass is 16.5. The molecule has 1 saturated heterocycles. The molecule has 0 radical (unpaired) electrons. The highest BCUT2D eigenvalue weighted by Crippen LogP contribution is 2.46. The summed E-state index contributed by atoms with van der Waals surface area (Å²) in [5.41, 5.74) is 2.04. The number of hydrogen-bond donors (Lipinski definition) is 0. The van der Waals surface area contributed by atoms with Crippen LogP contribution >= 0.6 is 0 Å². The van der Waals surface area contributed by atoms with Gasteiger partial charge >= 0.3 is 0 Å². The second-order valence-electron chi connectivity index (χ2n) is 8.94. The summed E-state index contributed by atoms with van der Waals surface area (Å²) in [6.45, 7) is 3.64. The van der Waals surface area contributed by atoms with Crippen LogP contribution in [0.2, 0.25) is 0 Å². The maximum atomic E-state index is 14.1. The first-order valence-electron chi connectivity index (χ1n) is 11.3. The van der Waals surface area contributed by atoms with Gasteiger partial charge in [0.15, 0.2) is 11.5 Å². The van der Waals surface area contributed by atoms with Gasteiger partial charge in [-0.15, -0.1) is 0 Å². The van der Waals surface area contributed by atoms with Crippen molar-refractivity contribution >= 4 is 11.8 Å². The SMILES string of the molecule is COc1ccc([C@@H]2[C@@H](C(=O)N3CCC[C@H](C)C3)c3cc(OC)c(OC)cc3C(=O)N2C)cc1. The largest absolute Gasteiger partial charge is 0.497 e. The van der Waals surface area contributed by atoms with Crippen LogP contribution in [0.4, 0.5) is 0 Å². The number of ether oxygens (including phenoxy) is 3.